The molecule has 0 fully saturated rings. The molecule has 1 aromatic rings. The third-order valence-electron chi connectivity index (χ3n) is 2.50. The number of carbonyl (C=O) groups excluding carboxylic acids is 1. The number of carbonyl (C=O) groups is 1. The van der Waals surface area contributed by atoms with Crippen molar-refractivity contribution in [1.29, 1.82) is 0 Å². The van der Waals surface area contributed by atoms with E-state index in [1.165, 1.54) is 23.1 Å². The van der Waals surface area contributed by atoms with Crippen LogP contribution in [-0.2, 0) is 15.6 Å². The first kappa shape index (κ1) is 13.8. The van der Waals surface area contributed by atoms with E-state index in [9.17, 15) is 13.4 Å². The molecule has 1 unspecified atom stereocenters. The lowest BCUT2D eigenvalue weighted by Gasteiger charge is -2.21. The van der Waals surface area contributed by atoms with Crippen LogP contribution in [0.4, 0.5) is 4.39 Å². The molecule has 17 heavy (non-hydrogen) atoms. The largest absolute Gasteiger partial charge is 0.343 e. The Morgan fingerprint density at radius 2 is 2.00 bits per heavy atom. The smallest absolute Gasteiger partial charge is 0.235 e. The van der Waals surface area contributed by atoms with Gasteiger partial charge in [0.25, 0.3) is 0 Å². The zero-order valence-corrected chi connectivity index (χ0v) is 11.0. The van der Waals surface area contributed by atoms with Crippen LogP contribution in [0.3, 0.4) is 0 Å². The Morgan fingerprint density at radius 1 is 1.41 bits per heavy atom. The average molecular weight is 257 g/mol. The Hall–Kier alpha value is -1.23. The molecule has 5 heteroatoms. The zero-order chi connectivity index (χ0) is 13.0. The van der Waals surface area contributed by atoms with Gasteiger partial charge in [-0.25, -0.2) is 4.39 Å². The number of hydrogen-bond acceptors (Lipinski definition) is 2. The van der Waals surface area contributed by atoms with E-state index in [1.807, 2.05) is 13.8 Å². The molecule has 0 saturated carbocycles. The van der Waals surface area contributed by atoms with Crippen molar-refractivity contribution in [2.75, 3.05) is 12.8 Å². The molecule has 0 radical (unpaired) electrons. The summed E-state index contributed by atoms with van der Waals surface area (Å²) < 4.78 is 25.2. The number of nitrogens with zero attached hydrogens (tertiary/aromatic N) is 1. The van der Waals surface area contributed by atoms with Crippen molar-refractivity contribution >= 4 is 16.7 Å². The van der Waals surface area contributed by atoms with Gasteiger partial charge in [0.1, 0.15) is 11.6 Å². The molecule has 1 amide bonds. The van der Waals surface area contributed by atoms with Crippen LogP contribution in [0.1, 0.15) is 13.8 Å². The standard InChI is InChI=1S/C12H16FNO2S/c1-9(2)14(3)12(15)8-17(16)11-7-5-4-6-10(11)13/h4-7,9H,8H2,1-3H3. The molecule has 0 aromatic heterocycles. The molecule has 0 N–H and O–H groups in total. The maximum Gasteiger partial charge on any atom is 0.235 e. The van der Waals surface area contributed by atoms with Crippen molar-refractivity contribution in [1.82, 2.24) is 4.90 Å². The minimum absolute atomic E-state index is 0.0418. The number of benzene rings is 1. The maximum absolute atomic E-state index is 13.3. The number of amides is 1. The van der Waals surface area contributed by atoms with Gasteiger partial charge in [-0.2, -0.15) is 0 Å². The summed E-state index contributed by atoms with van der Waals surface area (Å²) in [6.07, 6.45) is 0. The lowest BCUT2D eigenvalue weighted by molar-refractivity contribution is -0.128. The normalized spacial score (nSPS) is 12.5. The Bertz CT molecular complexity index is 434. The SMILES string of the molecule is CC(C)N(C)C(=O)CS(=O)c1ccccc1F. The molecule has 94 valence electrons. The van der Waals surface area contributed by atoms with Crippen molar-refractivity contribution in [3.63, 3.8) is 0 Å². The average Bonchev–Trinajstić information content (AvgIpc) is 2.28. The molecule has 0 saturated heterocycles. The molecular weight excluding hydrogens is 241 g/mol. The molecule has 0 aliphatic carbocycles. The van der Waals surface area contributed by atoms with E-state index in [4.69, 9.17) is 0 Å². The second-order valence-corrected chi connectivity index (χ2v) is 5.44. The van der Waals surface area contributed by atoms with E-state index >= 15 is 0 Å². The maximum atomic E-state index is 13.3. The summed E-state index contributed by atoms with van der Waals surface area (Å²) in [4.78, 5) is 13.3. The minimum Gasteiger partial charge on any atom is -0.343 e. The van der Waals surface area contributed by atoms with Crippen LogP contribution in [0.15, 0.2) is 29.2 Å². The van der Waals surface area contributed by atoms with E-state index < -0.39 is 16.6 Å². The first-order valence-corrected chi connectivity index (χ1v) is 6.64. The molecule has 0 aliphatic heterocycles. The topological polar surface area (TPSA) is 37.4 Å². The Kier molecular flexibility index (Phi) is 4.81. The highest BCUT2D eigenvalue weighted by atomic mass is 32.2. The van der Waals surface area contributed by atoms with E-state index in [2.05, 4.69) is 0 Å². The molecule has 3 nitrogen and oxygen atoms in total. The van der Waals surface area contributed by atoms with Crippen LogP contribution in [0.25, 0.3) is 0 Å². The summed E-state index contributed by atoms with van der Waals surface area (Å²) in [7, 11) is 0.0160. The van der Waals surface area contributed by atoms with Crippen molar-refractivity contribution in [3.8, 4) is 0 Å². The second-order valence-electron chi connectivity index (χ2n) is 4.02. The van der Waals surface area contributed by atoms with Crippen LogP contribution in [-0.4, -0.2) is 33.9 Å². The van der Waals surface area contributed by atoms with Gasteiger partial charge in [-0.1, -0.05) is 12.1 Å². The summed E-state index contributed by atoms with van der Waals surface area (Å²) in [5.41, 5.74) is 0. The fourth-order valence-corrected chi connectivity index (χ4v) is 2.31. The second kappa shape index (κ2) is 5.91. The third-order valence-corrected chi connectivity index (χ3v) is 3.84. The van der Waals surface area contributed by atoms with Gasteiger partial charge in [0.15, 0.2) is 0 Å². The summed E-state index contributed by atoms with van der Waals surface area (Å²) in [5.74, 6) is -0.970. The lowest BCUT2D eigenvalue weighted by Crippen LogP contribution is -2.36. The predicted molar refractivity (Wildman–Crippen MR) is 65.6 cm³/mol. The number of rotatable bonds is 4. The van der Waals surface area contributed by atoms with Gasteiger partial charge < -0.3 is 4.90 Å². The summed E-state index contributed by atoms with van der Waals surface area (Å²) in [6, 6.07) is 5.85. The van der Waals surface area contributed by atoms with E-state index in [0.717, 1.165) is 0 Å². The fraction of sp³-hybridized carbons (Fsp3) is 0.417. The predicted octanol–water partition coefficient (Wildman–Crippen LogP) is 1.80. The first-order valence-electron chi connectivity index (χ1n) is 5.32. The highest BCUT2D eigenvalue weighted by Crippen LogP contribution is 2.12. The van der Waals surface area contributed by atoms with Gasteiger partial charge in [-0.15, -0.1) is 0 Å². The molecule has 1 rings (SSSR count). The minimum atomic E-state index is -1.63. The van der Waals surface area contributed by atoms with E-state index in [0.29, 0.717) is 0 Å². The molecule has 0 aliphatic rings. The van der Waals surface area contributed by atoms with Gasteiger partial charge in [0.05, 0.1) is 15.7 Å². The van der Waals surface area contributed by atoms with Crippen LogP contribution in [0.5, 0.6) is 0 Å². The third kappa shape index (κ3) is 3.63. The summed E-state index contributed by atoms with van der Waals surface area (Å²) >= 11 is 0. The molecule has 0 bridgehead atoms. The van der Waals surface area contributed by atoms with Crippen LogP contribution in [0, 0.1) is 5.82 Å². The van der Waals surface area contributed by atoms with Gasteiger partial charge >= 0.3 is 0 Å². The van der Waals surface area contributed by atoms with Gasteiger partial charge in [-0.3, -0.25) is 9.00 Å². The number of hydrogen-bond donors (Lipinski definition) is 0. The molecule has 1 aromatic carbocycles. The number of halogens is 1. The van der Waals surface area contributed by atoms with Crippen molar-refractivity contribution < 1.29 is 13.4 Å². The molecule has 1 atom stereocenters. The first-order chi connectivity index (χ1) is 7.93. The van der Waals surface area contributed by atoms with E-state index in [-0.39, 0.29) is 22.6 Å². The van der Waals surface area contributed by atoms with Gasteiger partial charge in [0, 0.05) is 13.1 Å². The Labute approximate surface area is 103 Å². The van der Waals surface area contributed by atoms with Crippen LogP contribution in [0.2, 0.25) is 0 Å². The summed E-state index contributed by atoms with van der Waals surface area (Å²) in [5, 5.41) is 0. The van der Waals surface area contributed by atoms with Crippen molar-refractivity contribution in [3.05, 3.63) is 30.1 Å². The molecular formula is C12H16FNO2S. The highest BCUT2D eigenvalue weighted by Gasteiger charge is 2.18. The Balaban J connectivity index is 2.74. The van der Waals surface area contributed by atoms with Gasteiger partial charge in [0.2, 0.25) is 5.91 Å². The zero-order valence-electron chi connectivity index (χ0n) is 10.1. The van der Waals surface area contributed by atoms with Crippen molar-refractivity contribution in [2.45, 2.75) is 24.8 Å². The lowest BCUT2D eigenvalue weighted by atomic mass is 10.3. The molecule has 0 heterocycles. The van der Waals surface area contributed by atoms with Crippen LogP contribution >= 0.6 is 0 Å². The van der Waals surface area contributed by atoms with Gasteiger partial charge in [-0.05, 0) is 26.0 Å². The Morgan fingerprint density at radius 3 is 2.53 bits per heavy atom. The highest BCUT2D eigenvalue weighted by molar-refractivity contribution is 7.85. The fourth-order valence-electron chi connectivity index (χ4n) is 1.21. The quantitative estimate of drug-likeness (QED) is 0.825. The monoisotopic (exact) mass is 257 g/mol. The summed E-state index contributed by atoms with van der Waals surface area (Å²) in [6.45, 7) is 3.73. The van der Waals surface area contributed by atoms with E-state index in [1.54, 1.807) is 13.1 Å². The van der Waals surface area contributed by atoms with Crippen molar-refractivity contribution in [2.24, 2.45) is 0 Å². The molecule has 0 spiro atoms. The van der Waals surface area contributed by atoms with Crippen LogP contribution < -0.4 is 0 Å².